The number of nitrogens with one attached hydrogen (secondary N) is 1. The molecule has 0 unspecified atom stereocenters. The highest BCUT2D eigenvalue weighted by molar-refractivity contribution is 7.54. The van der Waals surface area contributed by atoms with E-state index in [2.05, 4.69) is 5.09 Å². The Bertz CT molecular complexity index is 470. The largest absolute Gasteiger partial charge is 0.344 e. The lowest BCUT2D eigenvalue weighted by Gasteiger charge is -2.62. The van der Waals surface area contributed by atoms with Gasteiger partial charge in [0, 0.05) is 31.4 Å². The van der Waals surface area contributed by atoms with E-state index in [-0.39, 0.29) is 5.60 Å². The summed E-state index contributed by atoms with van der Waals surface area (Å²) in [6, 6.07) is 0. The van der Waals surface area contributed by atoms with E-state index in [4.69, 9.17) is 27.7 Å². The summed E-state index contributed by atoms with van der Waals surface area (Å²) in [5.41, 5.74) is -0.162. The lowest BCUT2D eigenvalue weighted by Crippen LogP contribution is -2.62. The third-order valence-corrected chi connectivity index (χ3v) is 9.39. The zero-order valence-electron chi connectivity index (χ0n) is 13.6. The summed E-state index contributed by atoms with van der Waals surface area (Å²) in [5, 5.41) is 3.19. The molecular formula is C16H27Cl2N2O2P. The van der Waals surface area contributed by atoms with Gasteiger partial charge in [0.15, 0.2) is 0 Å². The molecule has 1 aliphatic heterocycles. The molecular weight excluding hydrogens is 354 g/mol. The number of halogens is 2. The molecule has 0 aromatic heterocycles. The highest BCUT2D eigenvalue weighted by atomic mass is 35.5. The summed E-state index contributed by atoms with van der Waals surface area (Å²) in [6.45, 7) is 1.88. The molecule has 1 spiro atoms. The highest BCUT2D eigenvalue weighted by Gasteiger charge is 2.61. The molecule has 1 N–H and O–H groups in total. The molecule has 0 aromatic rings. The van der Waals surface area contributed by atoms with Crippen LogP contribution in [0.25, 0.3) is 0 Å². The van der Waals surface area contributed by atoms with Gasteiger partial charge >= 0.3 is 7.67 Å². The third-order valence-electron chi connectivity index (χ3n) is 6.70. The van der Waals surface area contributed by atoms with Gasteiger partial charge in [-0.3, -0.25) is 9.09 Å². The first-order valence-electron chi connectivity index (χ1n) is 9.03. The van der Waals surface area contributed by atoms with Crippen LogP contribution in [0.3, 0.4) is 0 Å². The Labute approximate surface area is 149 Å². The molecule has 1 heterocycles. The standard InChI is InChI=1S/C16H27Cl2N2O2P/c17-2-5-20(6-3-18)23(21)19-4-1-16(22-23)14-8-12-7-13(10-14)11-15(16)9-12/h12-15H,1-11H2,(H,19,21)/t12?,13?,14?,15?,16?,23-/m1/s1. The Morgan fingerprint density at radius 2 is 1.61 bits per heavy atom. The van der Waals surface area contributed by atoms with Crippen molar-refractivity contribution in [2.45, 2.75) is 44.1 Å². The average molecular weight is 381 g/mol. The van der Waals surface area contributed by atoms with Crippen molar-refractivity contribution in [1.82, 2.24) is 9.76 Å². The molecule has 4 saturated carbocycles. The van der Waals surface area contributed by atoms with E-state index in [1.807, 2.05) is 4.67 Å². The van der Waals surface area contributed by atoms with Gasteiger partial charge in [-0.1, -0.05) is 0 Å². The molecule has 7 heteroatoms. The second-order valence-electron chi connectivity index (χ2n) is 7.86. The van der Waals surface area contributed by atoms with Gasteiger partial charge < -0.3 is 0 Å². The lowest BCUT2D eigenvalue weighted by atomic mass is 9.49. The van der Waals surface area contributed by atoms with Crippen LogP contribution in [0.1, 0.15) is 38.5 Å². The van der Waals surface area contributed by atoms with Gasteiger partial charge in [-0.05, 0) is 62.2 Å². The zero-order chi connectivity index (χ0) is 16.1. The van der Waals surface area contributed by atoms with Crippen molar-refractivity contribution in [2.75, 3.05) is 31.4 Å². The molecule has 1 saturated heterocycles. The number of alkyl halides is 2. The van der Waals surface area contributed by atoms with Crippen LogP contribution in [-0.4, -0.2) is 41.7 Å². The minimum atomic E-state index is -3.03. The molecule has 4 aliphatic carbocycles. The molecule has 0 radical (unpaired) electrons. The van der Waals surface area contributed by atoms with Gasteiger partial charge in [0.25, 0.3) is 0 Å². The van der Waals surface area contributed by atoms with E-state index in [1.54, 1.807) is 0 Å². The molecule has 4 bridgehead atoms. The first-order chi connectivity index (χ1) is 11.1. The van der Waals surface area contributed by atoms with Crippen molar-refractivity contribution in [3.8, 4) is 0 Å². The van der Waals surface area contributed by atoms with Crippen LogP contribution in [0.4, 0.5) is 0 Å². The first kappa shape index (κ1) is 17.1. The molecule has 0 amide bonds. The summed E-state index contributed by atoms with van der Waals surface area (Å²) in [5.74, 6) is 3.86. The maximum atomic E-state index is 13.6. The van der Waals surface area contributed by atoms with Gasteiger partial charge in [0.2, 0.25) is 0 Å². The van der Waals surface area contributed by atoms with Crippen LogP contribution in [0.5, 0.6) is 0 Å². The summed E-state index contributed by atoms with van der Waals surface area (Å²) in [4.78, 5) is 0. The van der Waals surface area contributed by atoms with E-state index in [0.717, 1.165) is 24.8 Å². The predicted molar refractivity (Wildman–Crippen MR) is 94.1 cm³/mol. The fraction of sp³-hybridized carbons (Fsp3) is 1.00. The quantitative estimate of drug-likeness (QED) is 0.576. The van der Waals surface area contributed by atoms with E-state index in [9.17, 15) is 4.57 Å². The third kappa shape index (κ3) is 2.82. The highest BCUT2D eigenvalue weighted by Crippen LogP contribution is 2.66. The number of hydrogen-bond donors (Lipinski definition) is 1. The number of rotatable bonds is 5. The Morgan fingerprint density at radius 3 is 2.13 bits per heavy atom. The van der Waals surface area contributed by atoms with E-state index >= 15 is 0 Å². The van der Waals surface area contributed by atoms with Crippen molar-refractivity contribution in [1.29, 1.82) is 0 Å². The molecule has 132 valence electrons. The van der Waals surface area contributed by atoms with Gasteiger partial charge in [-0.15, -0.1) is 23.2 Å². The smallest absolute Gasteiger partial charge is 0.299 e. The summed E-state index contributed by atoms with van der Waals surface area (Å²) in [6.07, 6.45) is 7.52. The zero-order valence-corrected chi connectivity index (χ0v) is 16.0. The van der Waals surface area contributed by atoms with Crippen molar-refractivity contribution in [3.63, 3.8) is 0 Å². The van der Waals surface area contributed by atoms with Gasteiger partial charge in [-0.2, -0.15) is 0 Å². The molecule has 1 atom stereocenters. The Morgan fingerprint density at radius 1 is 1.04 bits per heavy atom. The van der Waals surface area contributed by atoms with Crippen molar-refractivity contribution in [3.05, 3.63) is 0 Å². The van der Waals surface area contributed by atoms with E-state index in [1.165, 1.54) is 32.1 Å². The Hall–Kier alpha value is 0.690. The van der Waals surface area contributed by atoms with Gasteiger partial charge in [0.05, 0.1) is 5.60 Å². The molecule has 5 fully saturated rings. The van der Waals surface area contributed by atoms with Crippen molar-refractivity contribution in [2.24, 2.45) is 23.7 Å². The maximum absolute atomic E-state index is 13.6. The van der Waals surface area contributed by atoms with Crippen LogP contribution in [0.15, 0.2) is 0 Å². The van der Waals surface area contributed by atoms with Crippen LogP contribution >= 0.6 is 30.9 Å². The summed E-state index contributed by atoms with van der Waals surface area (Å²) >= 11 is 11.8. The van der Waals surface area contributed by atoms with Gasteiger partial charge in [-0.25, -0.2) is 9.76 Å². The summed E-state index contributed by atoms with van der Waals surface area (Å²) in [7, 11) is -3.03. The fourth-order valence-electron chi connectivity index (χ4n) is 5.97. The molecule has 4 nitrogen and oxygen atoms in total. The van der Waals surface area contributed by atoms with E-state index < -0.39 is 7.67 Å². The summed E-state index contributed by atoms with van der Waals surface area (Å²) < 4.78 is 22.0. The second kappa shape index (κ2) is 6.45. The SMILES string of the molecule is O=[P@]1(N(CCCl)CCCl)NCCC2(O1)C1CC3CC(C1)CC2C3. The van der Waals surface area contributed by atoms with Crippen LogP contribution in [-0.2, 0) is 9.09 Å². The molecule has 0 aromatic carbocycles. The monoisotopic (exact) mass is 380 g/mol. The predicted octanol–water partition coefficient (Wildman–Crippen LogP) is 4.08. The molecule has 23 heavy (non-hydrogen) atoms. The first-order valence-corrected chi connectivity index (χ1v) is 11.7. The van der Waals surface area contributed by atoms with Crippen LogP contribution in [0.2, 0.25) is 0 Å². The molecule has 5 rings (SSSR count). The van der Waals surface area contributed by atoms with Crippen molar-refractivity contribution >= 4 is 30.9 Å². The number of hydrogen-bond acceptors (Lipinski definition) is 2. The topological polar surface area (TPSA) is 41.6 Å². The average Bonchev–Trinajstić information content (AvgIpc) is 2.52. The van der Waals surface area contributed by atoms with E-state index in [0.29, 0.717) is 36.7 Å². The lowest BCUT2D eigenvalue weighted by molar-refractivity contribution is -0.167. The van der Waals surface area contributed by atoms with Crippen LogP contribution in [0, 0.1) is 23.7 Å². The maximum Gasteiger partial charge on any atom is 0.344 e. The molecule has 5 aliphatic rings. The second-order valence-corrected chi connectivity index (χ2v) is 10.7. The number of nitrogens with zero attached hydrogens (tertiary/aromatic N) is 1. The minimum Gasteiger partial charge on any atom is -0.299 e. The normalized spacial score (nSPS) is 48.5. The van der Waals surface area contributed by atoms with Crippen LogP contribution < -0.4 is 5.09 Å². The van der Waals surface area contributed by atoms with Crippen molar-refractivity contribution < 1.29 is 9.09 Å². The van der Waals surface area contributed by atoms with Gasteiger partial charge in [0.1, 0.15) is 0 Å². The fourth-order valence-corrected chi connectivity index (χ4v) is 8.96. The Kier molecular flexibility index (Phi) is 4.80. The minimum absolute atomic E-state index is 0.162. The Balaban J connectivity index is 1.60.